The standard InChI is InChI=1S/C25H24N2O2S/c1-16(2)20-14-21(17(3)13-22(20)29-4)27-25(28)19-10-6-8-12-24(19)30-23-11-7-5-9-18(23)15-26/h5-14,16H,1-4H3,(H,27,28). The maximum Gasteiger partial charge on any atom is 0.256 e. The van der Waals surface area contributed by atoms with Crippen LogP contribution >= 0.6 is 11.8 Å². The summed E-state index contributed by atoms with van der Waals surface area (Å²) in [7, 11) is 1.66. The maximum atomic E-state index is 13.1. The highest BCUT2D eigenvalue weighted by Gasteiger charge is 2.17. The van der Waals surface area contributed by atoms with Crippen LogP contribution in [0, 0.1) is 18.3 Å². The highest BCUT2D eigenvalue weighted by Crippen LogP contribution is 2.35. The minimum atomic E-state index is -0.185. The summed E-state index contributed by atoms with van der Waals surface area (Å²) >= 11 is 1.42. The van der Waals surface area contributed by atoms with Gasteiger partial charge in [0, 0.05) is 15.5 Å². The van der Waals surface area contributed by atoms with Gasteiger partial charge in [0.15, 0.2) is 0 Å². The van der Waals surface area contributed by atoms with Crippen LogP contribution in [0.15, 0.2) is 70.5 Å². The Morgan fingerprint density at radius 2 is 1.73 bits per heavy atom. The molecule has 0 radical (unpaired) electrons. The summed E-state index contributed by atoms with van der Waals surface area (Å²) in [5.74, 6) is 0.904. The molecule has 0 heterocycles. The van der Waals surface area contributed by atoms with Gasteiger partial charge in [-0.2, -0.15) is 5.26 Å². The maximum absolute atomic E-state index is 13.1. The molecule has 1 N–H and O–H groups in total. The first kappa shape index (κ1) is 21.5. The molecule has 3 aromatic carbocycles. The van der Waals surface area contributed by atoms with Crippen LogP contribution in [0.25, 0.3) is 0 Å². The molecule has 3 rings (SSSR count). The molecule has 0 spiro atoms. The number of carbonyl (C=O) groups excluding carboxylic acids is 1. The molecule has 152 valence electrons. The largest absolute Gasteiger partial charge is 0.496 e. The van der Waals surface area contributed by atoms with Crippen LogP contribution in [0.2, 0.25) is 0 Å². The molecule has 0 aliphatic carbocycles. The molecule has 0 saturated heterocycles. The van der Waals surface area contributed by atoms with Gasteiger partial charge in [-0.3, -0.25) is 4.79 Å². The Labute approximate surface area is 181 Å². The highest BCUT2D eigenvalue weighted by atomic mass is 32.2. The molecule has 0 fully saturated rings. The van der Waals surface area contributed by atoms with Crippen LogP contribution < -0.4 is 10.1 Å². The van der Waals surface area contributed by atoms with Gasteiger partial charge in [-0.1, -0.05) is 49.9 Å². The van der Waals surface area contributed by atoms with E-state index in [1.165, 1.54) is 11.8 Å². The first-order chi connectivity index (χ1) is 14.4. The normalized spacial score (nSPS) is 10.5. The molecular formula is C25H24N2O2S. The van der Waals surface area contributed by atoms with E-state index >= 15 is 0 Å². The van der Waals surface area contributed by atoms with Crippen molar-refractivity contribution in [1.82, 2.24) is 0 Å². The summed E-state index contributed by atoms with van der Waals surface area (Å²) in [4.78, 5) is 14.8. The van der Waals surface area contributed by atoms with Crippen molar-refractivity contribution in [3.63, 3.8) is 0 Å². The zero-order valence-corrected chi connectivity index (χ0v) is 18.3. The lowest BCUT2D eigenvalue weighted by atomic mass is 9.99. The van der Waals surface area contributed by atoms with Crippen molar-refractivity contribution < 1.29 is 9.53 Å². The van der Waals surface area contributed by atoms with Crippen molar-refractivity contribution in [3.05, 3.63) is 82.9 Å². The van der Waals surface area contributed by atoms with Crippen molar-refractivity contribution in [2.24, 2.45) is 0 Å². The number of amides is 1. The Kier molecular flexibility index (Phi) is 6.81. The number of nitrogens with zero attached hydrogens (tertiary/aromatic N) is 1. The number of hydrogen-bond donors (Lipinski definition) is 1. The average molecular weight is 417 g/mol. The summed E-state index contributed by atoms with van der Waals surface area (Å²) in [6.45, 7) is 6.14. The van der Waals surface area contributed by atoms with Crippen LogP contribution in [0.5, 0.6) is 5.75 Å². The zero-order chi connectivity index (χ0) is 21.7. The van der Waals surface area contributed by atoms with Crippen molar-refractivity contribution >= 4 is 23.4 Å². The Morgan fingerprint density at radius 3 is 2.40 bits per heavy atom. The summed E-state index contributed by atoms with van der Waals surface area (Å²) in [6, 6.07) is 21.0. The van der Waals surface area contributed by atoms with E-state index in [-0.39, 0.29) is 11.8 Å². The molecule has 0 saturated carbocycles. The van der Waals surface area contributed by atoms with Gasteiger partial charge < -0.3 is 10.1 Å². The van der Waals surface area contributed by atoms with E-state index in [2.05, 4.69) is 25.2 Å². The molecule has 4 nitrogen and oxygen atoms in total. The van der Waals surface area contributed by atoms with Crippen molar-refractivity contribution in [3.8, 4) is 11.8 Å². The molecule has 5 heteroatoms. The molecule has 0 bridgehead atoms. The number of nitrogens with one attached hydrogen (secondary N) is 1. The van der Waals surface area contributed by atoms with E-state index in [9.17, 15) is 10.1 Å². The minimum Gasteiger partial charge on any atom is -0.496 e. The minimum absolute atomic E-state index is 0.185. The number of aryl methyl sites for hydroxylation is 1. The predicted octanol–water partition coefficient (Wildman–Crippen LogP) is 6.40. The summed E-state index contributed by atoms with van der Waals surface area (Å²) in [6.07, 6.45) is 0. The van der Waals surface area contributed by atoms with Crippen LogP contribution in [-0.2, 0) is 0 Å². The van der Waals surface area contributed by atoms with Crippen molar-refractivity contribution in [2.45, 2.75) is 36.5 Å². The number of rotatable bonds is 6. The number of nitriles is 1. The fourth-order valence-electron chi connectivity index (χ4n) is 3.16. The highest BCUT2D eigenvalue weighted by molar-refractivity contribution is 7.99. The van der Waals surface area contributed by atoms with E-state index < -0.39 is 0 Å². The van der Waals surface area contributed by atoms with Gasteiger partial charge >= 0.3 is 0 Å². The number of methoxy groups -OCH3 is 1. The Morgan fingerprint density at radius 1 is 1.07 bits per heavy atom. The molecule has 0 atom stereocenters. The van der Waals surface area contributed by atoms with Gasteiger partial charge in [-0.25, -0.2) is 0 Å². The molecule has 0 unspecified atom stereocenters. The summed E-state index contributed by atoms with van der Waals surface area (Å²) in [5, 5.41) is 12.4. The van der Waals surface area contributed by atoms with Crippen molar-refractivity contribution in [1.29, 1.82) is 5.26 Å². The summed E-state index contributed by atoms with van der Waals surface area (Å²) in [5.41, 5.74) is 3.90. The predicted molar refractivity (Wildman–Crippen MR) is 121 cm³/mol. The van der Waals surface area contributed by atoms with Gasteiger partial charge in [0.2, 0.25) is 0 Å². The molecule has 0 aromatic heterocycles. The number of ether oxygens (including phenoxy) is 1. The van der Waals surface area contributed by atoms with Gasteiger partial charge in [-0.05, 0) is 60.4 Å². The lowest BCUT2D eigenvalue weighted by molar-refractivity contribution is 0.102. The molecule has 0 aliphatic rings. The van der Waals surface area contributed by atoms with E-state index in [1.54, 1.807) is 19.2 Å². The number of hydrogen-bond acceptors (Lipinski definition) is 4. The lowest BCUT2D eigenvalue weighted by Crippen LogP contribution is -2.14. The first-order valence-electron chi connectivity index (χ1n) is 9.70. The smallest absolute Gasteiger partial charge is 0.256 e. The van der Waals surface area contributed by atoms with Gasteiger partial charge in [-0.15, -0.1) is 0 Å². The third kappa shape index (κ3) is 4.67. The summed E-state index contributed by atoms with van der Waals surface area (Å²) < 4.78 is 5.50. The second kappa shape index (κ2) is 9.51. The second-order valence-corrected chi connectivity index (χ2v) is 8.31. The topological polar surface area (TPSA) is 62.1 Å². The molecule has 3 aromatic rings. The SMILES string of the molecule is COc1cc(C)c(NC(=O)c2ccccc2Sc2ccccc2C#N)cc1C(C)C. The molecular weight excluding hydrogens is 392 g/mol. The van der Waals surface area contributed by atoms with Gasteiger partial charge in [0.05, 0.1) is 18.2 Å². The average Bonchev–Trinajstić information content (AvgIpc) is 2.75. The fourth-order valence-corrected chi connectivity index (χ4v) is 4.18. The second-order valence-electron chi connectivity index (χ2n) is 7.22. The van der Waals surface area contributed by atoms with Gasteiger partial charge in [0.1, 0.15) is 11.8 Å². The Bertz CT molecular complexity index is 1120. The molecule has 30 heavy (non-hydrogen) atoms. The number of carbonyl (C=O) groups is 1. The monoisotopic (exact) mass is 416 g/mol. The van der Waals surface area contributed by atoms with E-state index in [4.69, 9.17) is 4.74 Å². The lowest BCUT2D eigenvalue weighted by Gasteiger charge is -2.17. The Balaban J connectivity index is 1.92. The van der Waals surface area contributed by atoms with Crippen molar-refractivity contribution in [2.75, 3.05) is 12.4 Å². The van der Waals surface area contributed by atoms with Crippen LogP contribution in [0.3, 0.4) is 0 Å². The van der Waals surface area contributed by atoms with E-state index in [0.717, 1.165) is 32.4 Å². The zero-order valence-electron chi connectivity index (χ0n) is 17.5. The third-order valence-corrected chi connectivity index (χ3v) is 5.96. The van der Waals surface area contributed by atoms with E-state index in [1.807, 2.05) is 55.5 Å². The molecule has 0 aliphatic heterocycles. The van der Waals surface area contributed by atoms with E-state index in [0.29, 0.717) is 11.1 Å². The number of anilines is 1. The first-order valence-corrected chi connectivity index (χ1v) is 10.5. The van der Waals surface area contributed by atoms with Gasteiger partial charge in [0.25, 0.3) is 5.91 Å². The quantitative estimate of drug-likeness (QED) is 0.505. The van der Waals surface area contributed by atoms with Crippen LogP contribution in [0.1, 0.15) is 46.8 Å². The molecule has 1 amide bonds. The Hall–Kier alpha value is -3.23. The van der Waals surface area contributed by atoms with Crippen LogP contribution in [0.4, 0.5) is 5.69 Å². The third-order valence-electron chi connectivity index (χ3n) is 4.81. The van der Waals surface area contributed by atoms with Crippen LogP contribution in [-0.4, -0.2) is 13.0 Å². The fraction of sp³-hybridized carbons (Fsp3) is 0.200. The number of benzene rings is 3.